The number of aryl methyl sites for hydroxylation is 1. The highest BCUT2D eigenvalue weighted by Crippen LogP contribution is 2.28. The molecule has 0 saturated carbocycles. The van der Waals surface area contributed by atoms with E-state index in [1.165, 1.54) is 17.2 Å². The largest absolute Gasteiger partial charge is 0.499 e. The van der Waals surface area contributed by atoms with Crippen LogP contribution in [0.2, 0.25) is 0 Å². The molecule has 1 aliphatic rings. The van der Waals surface area contributed by atoms with Crippen molar-refractivity contribution in [3.05, 3.63) is 94.7 Å². The summed E-state index contributed by atoms with van der Waals surface area (Å²) in [5.41, 5.74) is 7.75. The molecule has 1 unspecified atom stereocenters. The molecule has 15 nitrogen and oxygen atoms in total. The number of amides is 3. The third-order valence-electron chi connectivity index (χ3n) is 9.26. The Morgan fingerprint density at radius 2 is 1.77 bits per heavy atom. The number of aromatic nitrogens is 4. The van der Waals surface area contributed by atoms with Gasteiger partial charge in [-0.05, 0) is 29.9 Å². The van der Waals surface area contributed by atoms with Crippen molar-refractivity contribution in [1.82, 2.24) is 34.9 Å². The van der Waals surface area contributed by atoms with E-state index >= 15 is 0 Å². The number of piperidine rings is 1. The molecule has 0 radical (unpaired) electrons. The second kappa shape index (κ2) is 18.4. The molecule has 1 saturated heterocycles. The molecule has 2 aromatic carbocycles. The van der Waals surface area contributed by atoms with E-state index in [9.17, 15) is 24.3 Å². The molecule has 5 N–H and O–H groups in total. The molecule has 3 heterocycles. The van der Waals surface area contributed by atoms with E-state index in [1.807, 2.05) is 61.5 Å². The maximum Gasteiger partial charge on any atom is 0.281 e. The van der Waals surface area contributed by atoms with Crippen LogP contribution in [-0.4, -0.2) is 98.7 Å². The maximum atomic E-state index is 13.6. The highest BCUT2D eigenvalue weighted by molar-refractivity contribution is 5.89. The van der Waals surface area contributed by atoms with Gasteiger partial charge in [0, 0.05) is 51.3 Å². The van der Waals surface area contributed by atoms with Crippen LogP contribution in [0.25, 0.3) is 22.3 Å². The van der Waals surface area contributed by atoms with Gasteiger partial charge in [-0.1, -0.05) is 61.5 Å². The summed E-state index contributed by atoms with van der Waals surface area (Å²) in [7, 11) is 1.76. The fourth-order valence-electron chi connectivity index (χ4n) is 6.29. The lowest BCUT2D eigenvalue weighted by Gasteiger charge is -2.38. The third kappa shape index (κ3) is 10.8. The van der Waals surface area contributed by atoms with Crippen molar-refractivity contribution in [3.63, 3.8) is 0 Å². The summed E-state index contributed by atoms with van der Waals surface area (Å²) in [5, 5.41) is 21.8. The van der Waals surface area contributed by atoms with Crippen molar-refractivity contribution in [3.8, 4) is 11.3 Å². The topological polar surface area (TPSA) is 196 Å². The fraction of sp³-hybridized carbons (Fsp3) is 0.421. The van der Waals surface area contributed by atoms with Gasteiger partial charge in [0.2, 0.25) is 17.7 Å². The van der Waals surface area contributed by atoms with Gasteiger partial charge >= 0.3 is 0 Å². The summed E-state index contributed by atoms with van der Waals surface area (Å²) < 4.78 is 13.4. The summed E-state index contributed by atoms with van der Waals surface area (Å²) in [5.74, 6) is -0.594. The average molecular weight is 729 g/mol. The number of benzene rings is 2. The van der Waals surface area contributed by atoms with Crippen LogP contribution in [0.5, 0.6) is 0 Å². The Morgan fingerprint density at radius 1 is 1.04 bits per heavy atom. The normalized spacial score (nSPS) is 14.7. The molecule has 15 heteroatoms. The SMILES string of the molecule is CC(CC(=O)N1CCC(O)(Cn2cnc3c(-c4ccc(CNCC(=O)NCCOCCOC=CC(N)=O)cc4)n(C)nc3c2=O)CC1)c1ccccc1. The Labute approximate surface area is 307 Å². The van der Waals surface area contributed by atoms with Crippen LogP contribution >= 0.6 is 0 Å². The van der Waals surface area contributed by atoms with Gasteiger partial charge in [-0.3, -0.25) is 28.4 Å². The highest BCUT2D eigenvalue weighted by Gasteiger charge is 2.35. The number of aliphatic hydroxyl groups is 1. The zero-order valence-corrected chi connectivity index (χ0v) is 30.2. The smallest absolute Gasteiger partial charge is 0.281 e. The molecule has 0 aliphatic carbocycles. The van der Waals surface area contributed by atoms with Gasteiger partial charge in [0.1, 0.15) is 12.1 Å². The molecule has 0 bridgehead atoms. The minimum atomic E-state index is -1.15. The number of nitrogens with two attached hydrogens (primary N) is 1. The lowest BCUT2D eigenvalue weighted by Crippen LogP contribution is -2.49. The summed E-state index contributed by atoms with van der Waals surface area (Å²) >= 11 is 0. The Balaban J connectivity index is 1.08. The highest BCUT2D eigenvalue weighted by atomic mass is 16.5. The van der Waals surface area contributed by atoms with Gasteiger partial charge in [-0.15, -0.1) is 0 Å². The predicted octanol–water partition coefficient (Wildman–Crippen LogP) is 1.58. The Kier molecular flexibility index (Phi) is 13.5. The molecule has 53 heavy (non-hydrogen) atoms. The second-order valence-electron chi connectivity index (χ2n) is 13.3. The van der Waals surface area contributed by atoms with Gasteiger partial charge in [-0.25, -0.2) is 4.98 Å². The van der Waals surface area contributed by atoms with Crippen molar-refractivity contribution in [2.45, 2.75) is 50.8 Å². The fourth-order valence-corrected chi connectivity index (χ4v) is 6.29. The minimum absolute atomic E-state index is 0.0604. The average Bonchev–Trinajstić information content (AvgIpc) is 3.49. The molecular formula is C38H48N8O7. The molecule has 1 atom stereocenters. The van der Waals surface area contributed by atoms with Crippen molar-refractivity contribution >= 4 is 28.8 Å². The van der Waals surface area contributed by atoms with E-state index < -0.39 is 11.5 Å². The molecule has 2 aromatic heterocycles. The van der Waals surface area contributed by atoms with Gasteiger partial charge in [-0.2, -0.15) is 5.10 Å². The van der Waals surface area contributed by atoms with Crippen LogP contribution in [0.1, 0.15) is 43.2 Å². The zero-order chi connectivity index (χ0) is 37.8. The van der Waals surface area contributed by atoms with E-state index in [4.69, 9.17) is 15.2 Å². The van der Waals surface area contributed by atoms with Gasteiger partial charge in [0.15, 0.2) is 5.52 Å². The van der Waals surface area contributed by atoms with Crippen molar-refractivity contribution in [2.75, 3.05) is 46.0 Å². The molecule has 3 amide bonds. The van der Waals surface area contributed by atoms with Crippen LogP contribution in [0.15, 0.2) is 78.1 Å². The van der Waals surface area contributed by atoms with Crippen molar-refractivity contribution in [1.29, 1.82) is 0 Å². The molecule has 1 fully saturated rings. The van der Waals surface area contributed by atoms with Gasteiger partial charge in [0.05, 0.1) is 50.2 Å². The number of nitrogens with one attached hydrogen (secondary N) is 2. The lowest BCUT2D eigenvalue weighted by atomic mass is 9.90. The quantitative estimate of drug-likeness (QED) is 0.0664. The summed E-state index contributed by atoms with van der Waals surface area (Å²) in [6.07, 6.45) is 4.90. The number of carbonyl (C=O) groups excluding carboxylic acids is 3. The Hall–Kier alpha value is -5.38. The van der Waals surface area contributed by atoms with E-state index in [0.717, 1.165) is 22.8 Å². The number of hydrogen-bond donors (Lipinski definition) is 4. The lowest BCUT2D eigenvalue weighted by molar-refractivity contribution is -0.136. The predicted molar refractivity (Wildman–Crippen MR) is 198 cm³/mol. The first-order valence-electron chi connectivity index (χ1n) is 17.7. The van der Waals surface area contributed by atoms with Crippen LogP contribution < -0.4 is 21.9 Å². The number of hydrogen-bond acceptors (Lipinski definition) is 10. The standard InChI is InChI=1S/C38H48N8O7/c1-27(29-6-4-3-5-7-29)22-33(49)45-16-13-38(51,14-17-45)25-46-26-42-34-35(37(46)50)43-44(2)36(34)30-10-8-28(9-11-30)23-40-24-32(48)41-15-19-53-21-20-52-18-12-31(39)47/h3-12,18,26-27,40,51H,13-17,19-25H2,1-2H3,(H2,39,47)(H,41,48). The second-order valence-corrected chi connectivity index (χ2v) is 13.3. The first-order valence-corrected chi connectivity index (χ1v) is 17.7. The number of primary amides is 1. The Morgan fingerprint density at radius 3 is 2.49 bits per heavy atom. The Bertz CT molecular complexity index is 1930. The summed E-state index contributed by atoms with van der Waals surface area (Å²) in [6.45, 7) is 4.78. The molecule has 282 valence electrons. The van der Waals surface area contributed by atoms with Crippen LogP contribution in [-0.2, 0) is 44.0 Å². The molecule has 1 aliphatic heterocycles. The molecule has 4 aromatic rings. The number of carbonyl (C=O) groups is 3. The number of rotatable bonds is 18. The number of ether oxygens (including phenoxy) is 2. The van der Waals surface area contributed by atoms with Crippen molar-refractivity contribution < 1.29 is 29.0 Å². The minimum Gasteiger partial charge on any atom is -0.499 e. The van der Waals surface area contributed by atoms with E-state index in [1.54, 1.807) is 16.6 Å². The number of likely N-dealkylation sites (tertiary alicyclic amines) is 1. The first-order chi connectivity index (χ1) is 25.5. The van der Waals surface area contributed by atoms with Crippen molar-refractivity contribution in [2.24, 2.45) is 12.8 Å². The zero-order valence-electron chi connectivity index (χ0n) is 30.2. The van der Waals surface area contributed by atoms with Gasteiger partial charge < -0.3 is 35.8 Å². The third-order valence-corrected chi connectivity index (χ3v) is 9.26. The molecule has 0 spiro atoms. The van der Waals surface area contributed by atoms with Crippen LogP contribution in [0.4, 0.5) is 0 Å². The number of fused-ring (bicyclic) bond motifs is 1. The van der Waals surface area contributed by atoms with E-state index in [2.05, 4.69) is 20.7 Å². The number of nitrogens with zero attached hydrogens (tertiary/aromatic N) is 5. The molecular weight excluding hydrogens is 680 g/mol. The summed E-state index contributed by atoms with van der Waals surface area (Å²) in [4.78, 5) is 55.7. The molecule has 5 rings (SSSR count). The van der Waals surface area contributed by atoms with Crippen LogP contribution in [0, 0.1) is 0 Å². The first kappa shape index (κ1) is 38.8. The maximum absolute atomic E-state index is 13.6. The van der Waals surface area contributed by atoms with E-state index in [-0.39, 0.29) is 48.5 Å². The van der Waals surface area contributed by atoms with Crippen LogP contribution in [0.3, 0.4) is 0 Å². The monoisotopic (exact) mass is 728 g/mol. The van der Waals surface area contributed by atoms with Gasteiger partial charge in [0.25, 0.3) is 5.56 Å². The van der Waals surface area contributed by atoms with E-state index in [0.29, 0.717) is 69.9 Å². The summed E-state index contributed by atoms with van der Waals surface area (Å²) in [6, 6.07) is 17.7.